The zero-order chi connectivity index (χ0) is 29.2. The predicted octanol–water partition coefficient (Wildman–Crippen LogP) is 6.85. The topological polar surface area (TPSA) is 63.7 Å². The van der Waals surface area contributed by atoms with E-state index in [1.807, 2.05) is 55.1 Å². The number of hydrogen-bond donors (Lipinski definition) is 0. The molecular formula is C36H28FNO4. The van der Waals surface area contributed by atoms with Gasteiger partial charge in [-0.05, 0) is 38.1 Å². The maximum Gasteiger partial charge on any atom is 0.185 e. The second kappa shape index (κ2) is 9.62. The summed E-state index contributed by atoms with van der Waals surface area (Å²) < 4.78 is 20.5. The summed E-state index contributed by atoms with van der Waals surface area (Å²) in [6.45, 7) is 4.18. The van der Waals surface area contributed by atoms with Gasteiger partial charge in [-0.2, -0.15) is 0 Å². The Morgan fingerprint density at radius 2 is 1.57 bits per heavy atom. The lowest BCUT2D eigenvalue weighted by Crippen LogP contribution is -2.48. The Morgan fingerprint density at radius 3 is 2.26 bits per heavy atom. The van der Waals surface area contributed by atoms with Crippen molar-refractivity contribution in [2.24, 2.45) is 5.41 Å². The van der Waals surface area contributed by atoms with Crippen molar-refractivity contribution >= 4 is 29.1 Å². The zero-order valence-corrected chi connectivity index (χ0v) is 23.2. The molecule has 5 nitrogen and oxygen atoms in total. The van der Waals surface area contributed by atoms with Crippen LogP contribution >= 0.6 is 0 Å². The van der Waals surface area contributed by atoms with Gasteiger partial charge in [0, 0.05) is 39.4 Å². The Bertz CT molecular complexity index is 1770. The Balaban J connectivity index is 1.56. The molecular weight excluding hydrogens is 529 g/mol. The Morgan fingerprint density at radius 1 is 0.905 bits per heavy atom. The molecule has 0 radical (unpaired) electrons. The molecule has 208 valence electrons. The van der Waals surface area contributed by atoms with Crippen molar-refractivity contribution in [3.8, 4) is 5.75 Å². The third-order valence-corrected chi connectivity index (χ3v) is 8.92. The van der Waals surface area contributed by atoms with Gasteiger partial charge in [-0.25, -0.2) is 4.39 Å². The van der Waals surface area contributed by atoms with Crippen LogP contribution in [-0.4, -0.2) is 36.0 Å². The Hall–Kier alpha value is -4.84. The predicted molar refractivity (Wildman–Crippen MR) is 159 cm³/mol. The highest BCUT2D eigenvalue weighted by molar-refractivity contribution is 6.32. The molecule has 0 unspecified atom stereocenters. The van der Waals surface area contributed by atoms with Gasteiger partial charge in [-0.15, -0.1) is 0 Å². The molecule has 1 fully saturated rings. The van der Waals surface area contributed by atoms with Crippen molar-refractivity contribution in [3.63, 3.8) is 0 Å². The van der Waals surface area contributed by atoms with Gasteiger partial charge in [-0.3, -0.25) is 14.4 Å². The van der Waals surface area contributed by atoms with Crippen molar-refractivity contribution in [3.05, 3.63) is 136 Å². The van der Waals surface area contributed by atoms with E-state index in [9.17, 15) is 18.8 Å². The van der Waals surface area contributed by atoms with Crippen LogP contribution in [0.2, 0.25) is 0 Å². The van der Waals surface area contributed by atoms with Crippen molar-refractivity contribution in [2.45, 2.75) is 31.8 Å². The minimum Gasteiger partial charge on any atom is -0.494 e. The minimum absolute atomic E-state index is 0.227. The van der Waals surface area contributed by atoms with Crippen molar-refractivity contribution in [2.75, 3.05) is 11.5 Å². The molecule has 0 aromatic heterocycles. The summed E-state index contributed by atoms with van der Waals surface area (Å²) in [4.78, 5) is 46.2. The van der Waals surface area contributed by atoms with E-state index >= 15 is 0 Å². The molecule has 4 aromatic rings. The average molecular weight is 558 g/mol. The first-order valence-corrected chi connectivity index (χ1v) is 14.1. The first kappa shape index (κ1) is 26.1. The van der Waals surface area contributed by atoms with Crippen molar-refractivity contribution < 1.29 is 23.5 Å². The van der Waals surface area contributed by atoms with E-state index < -0.39 is 29.2 Å². The Kier molecular flexibility index (Phi) is 5.98. The SMILES string of the molecule is CCOc1ccccc1[C@@H]1[C@@H](C(=O)c2ccc(C)cc2)N2c3ccc(F)cc3C=C[C@H]2C12C(=O)c1ccccc1C2=O. The van der Waals surface area contributed by atoms with E-state index in [2.05, 4.69) is 0 Å². The van der Waals surface area contributed by atoms with E-state index in [0.29, 0.717) is 45.9 Å². The van der Waals surface area contributed by atoms with Crippen LogP contribution in [-0.2, 0) is 0 Å². The van der Waals surface area contributed by atoms with Gasteiger partial charge in [0.05, 0.1) is 12.6 Å². The molecule has 3 atom stereocenters. The lowest BCUT2D eigenvalue weighted by Gasteiger charge is -2.37. The van der Waals surface area contributed by atoms with Crippen LogP contribution in [0.1, 0.15) is 60.6 Å². The number of ketones is 3. The quantitative estimate of drug-likeness (QED) is 0.198. The minimum atomic E-state index is -1.65. The standard InChI is InChI=1S/C36H28FNO4/c1-3-42-29-11-7-6-10-27(29)31-32(33(39)22-14-12-21(2)13-15-22)38-28-18-17-24(37)20-23(28)16-19-30(38)36(31)34(40)25-8-4-5-9-26(25)35(36)41/h4-20,30-32H,3H2,1-2H3/t30-,31+,32-/m0/s1. The number of hydrogen-bond acceptors (Lipinski definition) is 5. The number of carbonyl (C=O) groups excluding carboxylic acids is 3. The monoisotopic (exact) mass is 557 g/mol. The summed E-state index contributed by atoms with van der Waals surface area (Å²) in [7, 11) is 0. The molecule has 2 heterocycles. The summed E-state index contributed by atoms with van der Waals surface area (Å²) >= 11 is 0. The molecule has 42 heavy (non-hydrogen) atoms. The largest absolute Gasteiger partial charge is 0.494 e. The van der Waals surface area contributed by atoms with Crippen LogP contribution in [0.4, 0.5) is 10.1 Å². The normalized spacial score (nSPS) is 21.3. The number of Topliss-reactive ketones (excluding diaryl/α,β-unsaturated/α-hetero) is 3. The summed E-state index contributed by atoms with van der Waals surface area (Å²) in [6.07, 6.45) is 3.55. The lowest BCUT2D eigenvalue weighted by atomic mass is 9.64. The fourth-order valence-electron chi connectivity index (χ4n) is 7.20. The van der Waals surface area contributed by atoms with Crippen molar-refractivity contribution in [1.29, 1.82) is 0 Å². The second-order valence-corrected chi connectivity index (χ2v) is 11.1. The van der Waals surface area contributed by atoms with Crippen LogP contribution in [0.15, 0.2) is 97.1 Å². The maximum absolute atomic E-state index is 14.8. The van der Waals surface area contributed by atoms with Gasteiger partial charge in [0.15, 0.2) is 17.3 Å². The first-order chi connectivity index (χ1) is 20.4. The molecule has 2 aliphatic heterocycles. The van der Waals surface area contributed by atoms with Gasteiger partial charge in [0.2, 0.25) is 0 Å². The summed E-state index contributed by atoms with van der Waals surface area (Å²) in [5.74, 6) is -1.65. The molecule has 1 aliphatic carbocycles. The van der Waals surface area contributed by atoms with Crippen molar-refractivity contribution in [1.82, 2.24) is 0 Å². The molecule has 4 aromatic carbocycles. The second-order valence-electron chi connectivity index (χ2n) is 11.1. The number of carbonyl (C=O) groups is 3. The highest BCUT2D eigenvalue weighted by Gasteiger charge is 2.71. The number of aryl methyl sites for hydroxylation is 1. The van der Waals surface area contributed by atoms with E-state index in [0.717, 1.165) is 5.56 Å². The van der Waals surface area contributed by atoms with E-state index in [1.165, 1.54) is 12.1 Å². The first-order valence-electron chi connectivity index (χ1n) is 14.1. The molecule has 7 rings (SSSR count). The number of nitrogens with zero attached hydrogens (tertiary/aromatic N) is 1. The highest BCUT2D eigenvalue weighted by atomic mass is 19.1. The van der Waals surface area contributed by atoms with Crippen LogP contribution < -0.4 is 9.64 Å². The van der Waals surface area contributed by atoms with E-state index in [-0.39, 0.29) is 17.3 Å². The van der Waals surface area contributed by atoms with Gasteiger partial charge < -0.3 is 9.64 Å². The van der Waals surface area contributed by atoms with E-state index in [4.69, 9.17) is 4.74 Å². The van der Waals surface area contributed by atoms with Crippen LogP contribution in [0.25, 0.3) is 6.08 Å². The highest BCUT2D eigenvalue weighted by Crippen LogP contribution is 2.62. The molecule has 3 aliphatic rings. The van der Waals surface area contributed by atoms with E-state index in [1.54, 1.807) is 54.6 Å². The molecule has 1 saturated heterocycles. The third kappa shape index (κ3) is 3.51. The van der Waals surface area contributed by atoms with Gasteiger partial charge in [0.1, 0.15) is 23.0 Å². The van der Waals surface area contributed by atoms with Crippen LogP contribution in [0, 0.1) is 18.2 Å². The number of halogens is 1. The smallest absolute Gasteiger partial charge is 0.185 e. The zero-order valence-electron chi connectivity index (χ0n) is 23.2. The number of fused-ring (bicyclic) bond motifs is 5. The molecule has 0 bridgehead atoms. The van der Waals surface area contributed by atoms with Crippen LogP contribution in [0.5, 0.6) is 5.75 Å². The molecule has 0 amide bonds. The summed E-state index contributed by atoms with van der Waals surface area (Å²) in [5, 5.41) is 0. The number of anilines is 1. The summed E-state index contributed by atoms with van der Waals surface area (Å²) in [6, 6.07) is 24.2. The lowest BCUT2D eigenvalue weighted by molar-refractivity contribution is 0.0664. The number of benzene rings is 4. The maximum atomic E-state index is 14.8. The third-order valence-electron chi connectivity index (χ3n) is 8.92. The van der Waals surface area contributed by atoms with Gasteiger partial charge in [0.25, 0.3) is 0 Å². The fourth-order valence-corrected chi connectivity index (χ4v) is 7.20. The molecule has 0 N–H and O–H groups in total. The average Bonchev–Trinajstić information content (AvgIpc) is 3.43. The van der Waals surface area contributed by atoms with Gasteiger partial charge in [-0.1, -0.05) is 84.4 Å². The molecule has 1 spiro atoms. The Labute approximate surface area is 243 Å². The number of para-hydroxylation sites is 1. The molecule has 6 heteroatoms. The molecule has 0 saturated carbocycles. The number of ether oxygens (including phenoxy) is 1. The summed E-state index contributed by atoms with van der Waals surface area (Å²) in [5.41, 5.74) is 2.32. The van der Waals surface area contributed by atoms with Crippen LogP contribution in [0.3, 0.4) is 0 Å². The number of rotatable bonds is 5. The fraction of sp³-hybridized carbons (Fsp3) is 0.194. The van der Waals surface area contributed by atoms with Gasteiger partial charge >= 0.3 is 0 Å².